The minimum atomic E-state index is -3.55. The lowest BCUT2D eigenvalue weighted by Crippen LogP contribution is -2.40. The summed E-state index contributed by atoms with van der Waals surface area (Å²) in [7, 11) is -3.55. The molecule has 0 aliphatic rings. The van der Waals surface area contributed by atoms with Crippen molar-refractivity contribution in [3.8, 4) is 0 Å². The van der Waals surface area contributed by atoms with Crippen LogP contribution in [0.4, 0.5) is 0 Å². The molecule has 0 aliphatic carbocycles. The van der Waals surface area contributed by atoms with Crippen LogP contribution in [-0.2, 0) is 23.1 Å². The molecule has 2 aromatic rings. The largest absolute Gasteiger partial charge is 0.307 e. The summed E-state index contributed by atoms with van der Waals surface area (Å²) >= 11 is 0. The van der Waals surface area contributed by atoms with Crippen molar-refractivity contribution in [2.75, 3.05) is 0 Å². The Hall–Kier alpha value is -1.76. The van der Waals surface area contributed by atoms with Crippen molar-refractivity contribution in [1.29, 1.82) is 0 Å². The summed E-state index contributed by atoms with van der Waals surface area (Å²) in [6.07, 6.45) is 1.74. The molecule has 124 valence electrons. The molecule has 6 heteroatoms. The highest BCUT2D eigenvalue weighted by Gasteiger charge is 2.23. The van der Waals surface area contributed by atoms with Crippen molar-refractivity contribution in [3.63, 3.8) is 0 Å². The molecule has 0 bridgehead atoms. The van der Waals surface area contributed by atoms with Crippen molar-refractivity contribution in [1.82, 2.24) is 15.0 Å². The molecule has 23 heavy (non-hydrogen) atoms. The number of sulfonamides is 1. The summed E-state index contributed by atoms with van der Waals surface area (Å²) in [5, 5.41) is 3.24. The predicted octanol–water partition coefficient (Wildman–Crippen LogP) is 2.45. The summed E-state index contributed by atoms with van der Waals surface area (Å²) in [6, 6.07) is 12.7. The van der Waals surface area contributed by atoms with Crippen molar-refractivity contribution in [2.45, 2.75) is 44.3 Å². The maximum absolute atomic E-state index is 12.6. The summed E-state index contributed by atoms with van der Waals surface area (Å²) in [6.45, 7) is 6.52. The zero-order chi connectivity index (χ0) is 16.9. The van der Waals surface area contributed by atoms with Gasteiger partial charge in [-0.05, 0) is 44.5 Å². The molecular weight excluding hydrogens is 310 g/mol. The van der Waals surface area contributed by atoms with Crippen LogP contribution in [-0.4, -0.2) is 18.9 Å². The molecule has 0 fully saturated rings. The van der Waals surface area contributed by atoms with E-state index in [1.165, 1.54) is 0 Å². The smallest absolute Gasteiger partial charge is 0.241 e. The van der Waals surface area contributed by atoms with E-state index in [1.807, 2.05) is 51.1 Å². The molecule has 0 spiro atoms. The van der Waals surface area contributed by atoms with Crippen LogP contribution in [0.25, 0.3) is 0 Å². The van der Waals surface area contributed by atoms with Gasteiger partial charge in [0, 0.05) is 24.8 Å². The Morgan fingerprint density at radius 3 is 2.35 bits per heavy atom. The maximum Gasteiger partial charge on any atom is 0.241 e. The molecule has 5 nitrogen and oxygen atoms in total. The fraction of sp³-hybridized carbons (Fsp3) is 0.353. The first-order valence-electron chi connectivity index (χ1n) is 7.50. The van der Waals surface area contributed by atoms with Gasteiger partial charge < -0.3 is 5.32 Å². The lowest BCUT2D eigenvalue weighted by Gasteiger charge is -2.21. The molecule has 1 aromatic heterocycles. The molecule has 2 rings (SSSR count). The third-order valence-corrected chi connectivity index (χ3v) is 4.91. The lowest BCUT2D eigenvalue weighted by atomic mass is 10.1. The molecule has 0 radical (unpaired) electrons. The number of aromatic nitrogens is 1. The second kappa shape index (κ2) is 7.21. The Bertz CT molecular complexity index is 738. The molecule has 1 heterocycles. The van der Waals surface area contributed by atoms with Crippen molar-refractivity contribution in [3.05, 3.63) is 59.9 Å². The summed E-state index contributed by atoms with van der Waals surface area (Å²) in [4.78, 5) is 4.55. The van der Waals surface area contributed by atoms with Crippen LogP contribution in [0.3, 0.4) is 0 Å². The van der Waals surface area contributed by atoms with E-state index in [2.05, 4.69) is 15.0 Å². The van der Waals surface area contributed by atoms with E-state index < -0.39 is 15.6 Å². The number of hydrogen-bond donors (Lipinski definition) is 2. The predicted molar refractivity (Wildman–Crippen MR) is 91.3 cm³/mol. The van der Waals surface area contributed by atoms with E-state index in [4.69, 9.17) is 0 Å². The number of hydrogen-bond acceptors (Lipinski definition) is 4. The Morgan fingerprint density at radius 2 is 1.70 bits per heavy atom. The second-order valence-electron chi connectivity index (χ2n) is 6.39. The summed E-state index contributed by atoms with van der Waals surface area (Å²) in [5.41, 5.74) is 1.13. The van der Waals surface area contributed by atoms with E-state index in [0.717, 1.165) is 11.3 Å². The third kappa shape index (κ3) is 5.42. The van der Waals surface area contributed by atoms with E-state index in [0.29, 0.717) is 18.0 Å². The fourth-order valence-corrected chi connectivity index (χ4v) is 3.86. The summed E-state index contributed by atoms with van der Waals surface area (Å²) in [5.74, 6) is 0. The average Bonchev–Trinajstić information content (AvgIpc) is 2.46. The number of rotatable bonds is 6. The second-order valence-corrected chi connectivity index (χ2v) is 8.04. The van der Waals surface area contributed by atoms with E-state index >= 15 is 0 Å². The molecule has 0 saturated heterocycles. The standard InChI is InChI=1S/C17H23N3O2S/c1-17(2,3)20-23(21,22)16-10-5-4-8-14(16)12-18-13-15-9-6-7-11-19-15/h4-11,18,20H,12-13H2,1-3H3. The van der Waals surface area contributed by atoms with Gasteiger partial charge in [0.05, 0.1) is 10.6 Å². The quantitative estimate of drug-likeness (QED) is 0.852. The topological polar surface area (TPSA) is 71.1 Å². The number of pyridine rings is 1. The van der Waals surface area contributed by atoms with Gasteiger partial charge in [-0.3, -0.25) is 4.98 Å². The first kappa shape index (κ1) is 17.6. The van der Waals surface area contributed by atoms with Crippen LogP contribution >= 0.6 is 0 Å². The molecule has 0 unspecified atom stereocenters. The highest BCUT2D eigenvalue weighted by molar-refractivity contribution is 7.89. The van der Waals surface area contributed by atoms with Gasteiger partial charge in [-0.25, -0.2) is 13.1 Å². The van der Waals surface area contributed by atoms with Crippen LogP contribution in [0.15, 0.2) is 53.6 Å². The minimum Gasteiger partial charge on any atom is -0.307 e. The SMILES string of the molecule is CC(C)(C)NS(=O)(=O)c1ccccc1CNCc1ccccn1. The number of nitrogens with zero attached hydrogens (tertiary/aromatic N) is 1. The van der Waals surface area contributed by atoms with Crippen LogP contribution in [0, 0.1) is 0 Å². The Kier molecular flexibility index (Phi) is 5.51. The highest BCUT2D eigenvalue weighted by Crippen LogP contribution is 2.17. The zero-order valence-electron chi connectivity index (χ0n) is 13.7. The number of benzene rings is 1. The first-order chi connectivity index (χ1) is 10.8. The average molecular weight is 333 g/mol. The van der Waals surface area contributed by atoms with Crippen LogP contribution in [0.1, 0.15) is 32.0 Å². The van der Waals surface area contributed by atoms with Gasteiger partial charge in [0.2, 0.25) is 10.0 Å². The van der Waals surface area contributed by atoms with Gasteiger partial charge in [-0.15, -0.1) is 0 Å². The Morgan fingerprint density at radius 1 is 1.00 bits per heavy atom. The highest BCUT2D eigenvalue weighted by atomic mass is 32.2. The van der Waals surface area contributed by atoms with Gasteiger partial charge in [0.1, 0.15) is 0 Å². The normalized spacial score (nSPS) is 12.3. The molecule has 2 N–H and O–H groups in total. The van der Waals surface area contributed by atoms with E-state index in [9.17, 15) is 8.42 Å². The number of nitrogens with one attached hydrogen (secondary N) is 2. The van der Waals surface area contributed by atoms with Gasteiger partial charge in [0.15, 0.2) is 0 Å². The van der Waals surface area contributed by atoms with Gasteiger partial charge in [0.25, 0.3) is 0 Å². The minimum absolute atomic E-state index is 0.309. The van der Waals surface area contributed by atoms with Crippen molar-refractivity contribution in [2.24, 2.45) is 0 Å². The third-order valence-electron chi connectivity index (χ3n) is 3.05. The van der Waals surface area contributed by atoms with E-state index in [-0.39, 0.29) is 0 Å². The van der Waals surface area contributed by atoms with Crippen molar-refractivity contribution < 1.29 is 8.42 Å². The first-order valence-corrected chi connectivity index (χ1v) is 8.99. The Labute approximate surface area is 138 Å². The Balaban J connectivity index is 2.11. The summed E-state index contributed by atoms with van der Waals surface area (Å²) < 4.78 is 27.8. The monoisotopic (exact) mass is 333 g/mol. The van der Waals surface area contributed by atoms with Crippen LogP contribution in [0.5, 0.6) is 0 Å². The van der Waals surface area contributed by atoms with Crippen LogP contribution in [0.2, 0.25) is 0 Å². The lowest BCUT2D eigenvalue weighted by molar-refractivity contribution is 0.490. The van der Waals surface area contributed by atoms with Gasteiger partial charge in [-0.1, -0.05) is 24.3 Å². The molecule has 1 aromatic carbocycles. The molecule has 0 amide bonds. The zero-order valence-corrected chi connectivity index (χ0v) is 14.5. The molecule has 0 atom stereocenters. The molecule has 0 saturated carbocycles. The maximum atomic E-state index is 12.6. The molecular formula is C17H23N3O2S. The van der Waals surface area contributed by atoms with Crippen molar-refractivity contribution >= 4 is 10.0 Å². The van der Waals surface area contributed by atoms with Gasteiger partial charge in [-0.2, -0.15) is 0 Å². The van der Waals surface area contributed by atoms with E-state index in [1.54, 1.807) is 18.3 Å². The van der Waals surface area contributed by atoms with Gasteiger partial charge >= 0.3 is 0 Å². The fourth-order valence-electron chi connectivity index (χ4n) is 2.20. The van der Waals surface area contributed by atoms with Crippen LogP contribution < -0.4 is 10.0 Å². The molecule has 0 aliphatic heterocycles.